The molecule has 0 aromatic rings. The number of esters is 1. The third-order valence-corrected chi connectivity index (χ3v) is 0.369. The Labute approximate surface area is 42.8 Å². The van der Waals surface area contributed by atoms with Crippen molar-refractivity contribution in [1.29, 1.82) is 0 Å². The summed E-state index contributed by atoms with van der Waals surface area (Å²) in [6, 6.07) is 0. The first-order valence-electron chi connectivity index (χ1n) is 1.82. The smallest absolute Gasteiger partial charge is 0.114 e. The van der Waals surface area contributed by atoms with Crippen LogP contribution in [0.25, 0.3) is 0 Å². The summed E-state index contributed by atoms with van der Waals surface area (Å²) in [6.45, 7) is 5.94. The van der Waals surface area contributed by atoms with Gasteiger partial charge in [0.2, 0.25) is 0 Å². The van der Waals surface area contributed by atoms with Gasteiger partial charge in [-0.05, 0) is 0 Å². The minimum absolute atomic E-state index is 0. The van der Waals surface area contributed by atoms with Gasteiger partial charge in [-0.1, -0.05) is 0 Å². The van der Waals surface area contributed by atoms with Gasteiger partial charge < -0.3 is 10.8 Å². The number of rotatable bonds is 2. The molecule has 9 heavy (non-hydrogen) atoms. The maximum Gasteiger partial charge on any atom is 0.114 e. The molecule has 44 valence electrons. The third kappa shape index (κ3) is 11.0. The van der Waals surface area contributed by atoms with Crippen molar-refractivity contribution in [1.82, 2.24) is 0 Å². The van der Waals surface area contributed by atoms with Crippen LogP contribution in [0.5, 0.6) is 0 Å². The minimum Gasteiger partial charge on any atom is -0.660 e. The number of hydrogen-bond acceptors (Lipinski definition) is 2. The zero-order chi connectivity index (χ0) is 5.70. The van der Waals surface area contributed by atoms with Crippen molar-refractivity contribution in [3.8, 4) is 0 Å². The molecule has 0 spiro atoms. The van der Waals surface area contributed by atoms with Gasteiger partial charge in [-0.15, -0.1) is 0 Å². The number of ether oxygens (including phenoxy) is 1. The summed E-state index contributed by atoms with van der Waals surface area (Å²) < 4.78 is 4.25. The molecule has 0 aliphatic carbocycles. The van der Waals surface area contributed by atoms with E-state index in [1.807, 2.05) is 6.08 Å². The first-order valence-corrected chi connectivity index (χ1v) is 1.82. The quantitative estimate of drug-likeness (QED) is 0.255. The fourth-order valence-electron chi connectivity index (χ4n) is 0.149. The minimum atomic E-state index is -0.539. The standard InChI is InChI=1S/C5H6O2.2Rf/c1-3-5(6)7-4-2;;/h4H,1H2,2H3;;/q-2;;. The molecule has 0 aliphatic heterocycles. The van der Waals surface area contributed by atoms with E-state index in [0.29, 0.717) is 0 Å². The predicted octanol–water partition coefficient (Wildman–Crippen LogP) is 0.700. The van der Waals surface area contributed by atoms with Crippen LogP contribution in [0.3, 0.4) is 0 Å². The van der Waals surface area contributed by atoms with Gasteiger partial charge in [0, 0.05) is 0 Å². The van der Waals surface area contributed by atoms with Crippen LogP contribution < -0.4 is 0 Å². The van der Waals surface area contributed by atoms with Gasteiger partial charge in [-0.25, -0.2) is 0 Å². The van der Waals surface area contributed by atoms with Crippen molar-refractivity contribution in [3.63, 3.8) is 0 Å². The molecule has 0 aromatic carbocycles. The largest absolute Gasteiger partial charge is 0.660 e. The monoisotopic (exact) mass is 632 g/mol. The van der Waals surface area contributed by atoms with Crippen LogP contribution in [0.1, 0.15) is 6.92 Å². The van der Waals surface area contributed by atoms with Crippen molar-refractivity contribution in [2.75, 3.05) is 0 Å². The molecule has 0 rings (SSSR count). The normalized spacial score (nSPS) is 5.89. The predicted molar refractivity (Wildman–Crippen MR) is 24.9 cm³/mol. The van der Waals surface area contributed by atoms with Gasteiger partial charge >= 0.3 is 0 Å². The van der Waals surface area contributed by atoms with Crippen LogP contribution in [-0.2, 0) is 9.53 Å². The second kappa shape index (κ2) is 8.96. The zero-order valence-corrected chi connectivity index (χ0v) is 18.3. The van der Waals surface area contributed by atoms with Crippen LogP contribution in [0.15, 0.2) is 6.58 Å². The molecule has 0 N–H and O–H groups in total. The van der Waals surface area contributed by atoms with E-state index in [1.54, 1.807) is 6.92 Å². The molecule has 0 bridgehead atoms. The van der Waals surface area contributed by atoms with Gasteiger partial charge in [0.25, 0.3) is 0 Å². The second-order valence-corrected chi connectivity index (χ2v) is 0.818. The van der Waals surface area contributed by atoms with Crippen molar-refractivity contribution < 1.29 is 9.53 Å². The molecule has 2 nitrogen and oxygen atoms in total. The van der Waals surface area contributed by atoms with Gasteiger partial charge in [-0.3, -0.25) is 11.4 Å². The molecule has 0 aromatic heterocycles. The van der Waals surface area contributed by atoms with E-state index in [-0.39, 0.29) is 0 Å². The molecule has 0 unspecified atom stereocenters. The molecular formula is C5H6O2Rf2-2. The summed E-state index contributed by atoms with van der Waals surface area (Å²) in [4.78, 5) is 9.98. The Hall–Kier alpha value is -2.79. The van der Waals surface area contributed by atoms with E-state index in [0.717, 1.165) is 0 Å². The van der Waals surface area contributed by atoms with Crippen LogP contribution in [0, 0.1) is 12.7 Å². The molecule has 0 atom stereocenters. The first-order chi connectivity index (χ1) is 3.31. The van der Waals surface area contributed by atoms with Crippen LogP contribution in [-0.4, -0.2) is 5.97 Å². The zero-order valence-electron chi connectivity index (χ0n) is 5.52. The average molecular weight is 632 g/mol. The van der Waals surface area contributed by atoms with Crippen molar-refractivity contribution in [2.24, 2.45) is 0 Å². The van der Waals surface area contributed by atoms with Gasteiger partial charge in [0.05, 0.1) is 0 Å². The summed E-state index contributed by atoms with van der Waals surface area (Å²) in [5, 5.41) is 0. The van der Waals surface area contributed by atoms with Crippen LogP contribution in [0.4, 0.5) is 0 Å². The molecule has 0 fully saturated rings. The van der Waals surface area contributed by atoms with Crippen LogP contribution >= 0.6 is 0 Å². The summed E-state index contributed by atoms with van der Waals surface area (Å²) in [7, 11) is 0. The summed E-state index contributed by atoms with van der Waals surface area (Å²) >= 11 is 0. The summed E-state index contributed by atoms with van der Waals surface area (Å²) in [5.41, 5.74) is 0. The SMILES string of the molecule is C=[C-]C(=O)O[CH-]C.[Rf].[Rf]. The molecule has 0 saturated carbocycles. The third-order valence-electron chi connectivity index (χ3n) is 0.369. The van der Waals surface area contributed by atoms with Gasteiger partial charge in [-0.2, -0.15) is 13.5 Å². The molecular weight excluding hydrogens is 626 g/mol. The van der Waals surface area contributed by atoms with Crippen LogP contribution in [0.2, 0.25) is 0 Å². The summed E-state index contributed by atoms with van der Waals surface area (Å²) in [6.07, 6.45) is 2.02. The van der Waals surface area contributed by atoms with E-state index < -0.39 is 5.97 Å². The number of hydrogen-bond donors (Lipinski definition) is 0. The Balaban J connectivity index is -0.000000180. The Kier molecular flexibility index (Phi) is 16.3. The van der Waals surface area contributed by atoms with E-state index in [4.69, 9.17) is 0 Å². The Bertz CT molecular complexity index is 83.0. The number of carbonyl (C=O) groups is 1. The molecule has 0 amide bonds. The Morgan fingerprint density at radius 2 is 2.11 bits per heavy atom. The van der Waals surface area contributed by atoms with Gasteiger partial charge in [0.1, 0.15) is 5.97 Å². The first kappa shape index (κ1) is 16.4. The van der Waals surface area contributed by atoms with E-state index >= 15 is 0 Å². The fourth-order valence-corrected chi connectivity index (χ4v) is 0.149. The van der Waals surface area contributed by atoms with Gasteiger partial charge in [0.15, 0.2) is 0 Å². The fraction of sp³-hybridized carbons (Fsp3) is 0.200. The topological polar surface area (TPSA) is 26.3 Å². The average Bonchev–Trinajstić information content (AvgIpc) is 1.68. The maximum absolute atomic E-state index is 9.98. The molecule has 0 saturated heterocycles. The maximum atomic E-state index is 9.98. The molecule has 0 aliphatic rings. The molecule has 4 heteroatoms. The number of carbonyl (C=O) groups excluding carboxylic acids is 1. The molecule has 0 heterocycles. The van der Waals surface area contributed by atoms with E-state index in [9.17, 15) is 4.79 Å². The van der Waals surface area contributed by atoms with E-state index in [1.165, 1.54) is 6.61 Å². The summed E-state index contributed by atoms with van der Waals surface area (Å²) in [5.74, 6) is -0.539. The Morgan fingerprint density at radius 1 is 1.67 bits per heavy atom. The molecule has 0 radical (unpaired) electrons. The van der Waals surface area contributed by atoms with E-state index in [2.05, 4.69) is 11.3 Å². The second-order valence-electron chi connectivity index (χ2n) is 0.818. The van der Waals surface area contributed by atoms with Crippen molar-refractivity contribution >= 4 is 5.97 Å². The van der Waals surface area contributed by atoms with Crippen molar-refractivity contribution in [3.05, 3.63) is 19.3 Å². The Morgan fingerprint density at radius 3 is 2.22 bits per heavy atom. The van der Waals surface area contributed by atoms with Crippen molar-refractivity contribution in [2.45, 2.75) is 6.92 Å².